The van der Waals surface area contributed by atoms with Crippen molar-refractivity contribution in [3.8, 4) is 5.75 Å². The highest BCUT2D eigenvalue weighted by Crippen LogP contribution is 2.09. The molecular formula is C11H13NO5. The summed E-state index contributed by atoms with van der Waals surface area (Å²) < 4.78 is 4.29. The van der Waals surface area contributed by atoms with E-state index in [0.717, 1.165) is 7.11 Å². The molecule has 0 heterocycles. The smallest absolute Gasteiger partial charge is 0.336 e. The number of aliphatic hydroxyl groups excluding tert-OH is 1. The molecule has 0 radical (unpaired) electrons. The first-order valence-corrected chi connectivity index (χ1v) is 4.87. The van der Waals surface area contributed by atoms with Gasteiger partial charge in [0.2, 0.25) is 0 Å². The number of esters is 1. The van der Waals surface area contributed by atoms with Gasteiger partial charge in [-0.25, -0.2) is 4.79 Å². The van der Waals surface area contributed by atoms with Crippen molar-refractivity contribution >= 4 is 11.9 Å². The maximum Gasteiger partial charge on any atom is 0.336 e. The van der Waals surface area contributed by atoms with Crippen LogP contribution in [0.3, 0.4) is 0 Å². The molecule has 0 saturated heterocycles. The quantitative estimate of drug-likeness (QED) is 0.624. The second-order valence-corrected chi connectivity index (χ2v) is 3.30. The minimum absolute atomic E-state index is 0.0520. The van der Waals surface area contributed by atoms with E-state index in [2.05, 4.69) is 10.1 Å². The molecule has 0 aromatic heterocycles. The summed E-state index contributed by atoms with van der Waals surface area (Å²) >= 11 is 0. The number of phenols is 1. The summed E-state index contributed by atoms with van der Waals surface area (Å²) in [5.41, 5.74) is 0.319. The van der Waals surface area contributed by atoms with Crippen LogP contribution >= 0.6 is 0 Å². The van der Waals surface area contributed by atoms with Gasteiger partial charge in [0.15, 0.2) is 6.10 Å². The lowest BCUT2D eigenvalue weighted by molar-refractivity contribution is -0.149. The summed E-state index contributed by atoms with van der Waals surface area (Å²) in [6, 6.07) is 5.58. The maximum atomic E-state index is 11.5. The summed E-state index contributed by atoms with van der Waals surface area (Å²) in [7, 11) is 1.15. The molecule has 1 amide bonds. The van der Waals surface area contributed by atoms with E-state index in [4.69, 9.17) is 5.11 Å². The van der Waals surface area contributed by atoms with E-state index in [1.165, 1.54) is 24.3 Å². The number of benzene rings is 1. The molecule has 17 heavy (non-hydrogen) atoms. The topological polar surface area (TPSA) is 95.9 Å². The normalized spacial score (nSPS) is 11.6. The Labute approximate surface area is 97.8 Å². The van der Waals surface area contributed by atoms with Crippen molar-refractivity contribution in [1.82, 2.24) is 5.32 Å². The van der Waals surface area contributed by atoms with Crippen molar-refractivity contribution in [2.45, 2.75) is 6.10 Å². The van der Waals surface area contributed by atoms with Crippen LogP contribution in [0.25, 0.3) is 0 Å². The van der Waals surface area contributed by atoms with Crippen molar-refractivity contribution < 1.29 is 24.5 Å². The number of methoxy groups -OCH3 is 1. The van der Waals surface area contributed by atoms with Crippen molar-refractivity contribution in [2.75, 3.05) is 13.7 Å². The Morgan fingerprint density at radius 3 is 2.47 bits per heavy atom. The standard InChI is InChI=1S/C11H13NO5/c1-17-11(16)9(14)6-12-10(15)7-2-4-8(13)5-3-7/h2-5,9,13-14H,6H2,1H3,(H,12,15). The van der Waals surface area contributed by atoms with E-state index in [0.29, 0.717) is 5.56 Å². The minimum atomic E-state index is -1.39. The number of hydrogen-bond donors (Lipinski definition) is 3. The van der Waals surface area contributed by atoms with Crippen LogP contribution in [0.15, 0.2) is 24.3 Å². The molecule has 1 atom stereocenters. The van der Waals surface area contributed by atoms with E-state index in [1.807, 2.05) is 0 Å². The van der Waals surface area contributed by atoms with Crippen molar-refractivity contribution in [3.63, 3.8) is 0 Å². The van der Waals surface area contributed by atoms with E-state index in [9.17, 15) is 14.7 Å². The summed E-state index contributed by atoms with van der Waals surface area (Å²) in [6.07, 6.45) is -1.39. The van der Waals surface area contributed by atoms with Gasteiger partial charge in [-0.15, -0.1) is 0 Å². The van der Waals surface area contributed by atoms with Gasteiger partial charge in [0.25, 0.3) is 5.91 Å². The molecule has 3 N–H and O–H groups in total. The molecule has 6 nitrogen and oxygen atoms in total. The lowest BCUT2D eigenvalue weighted by atomic mass is 10.2. The Morgan fingerprint density at radius 2 is 1.94 bits per heavy atom. The minimum Gasteiger partial charge on any atom is -0.508 e. The van der Waals surface area contributed by atoms with Gasteiger partial charge in [0.05, 0.1) is 13.7 Å². The van der Waals surface area contributed by atoms with Crippen LogP contribution in [0, 0.1) is 0 Å². The first-order valence-electron chi connectivity index (χ1n) is 4.87. The molecule has 1 aromatic carbocycles. The van der Waals surface area contributed by atoms with Crippen LogP contribution in [0.4, 0.5) is 0 Å². The zero-order chi connectivity index (χ0) is 12.8. The second kappa shape index (κ2) is 5.86. The molecule has 0 aliphatic carbocycles. The molecule has 0 spiro atoms. The predicted octanol–water partition coefficient (Wildman–Crippen LogP) is -0.344. The fourth-order valence-corrected chi connectivity index (χ4v) is 1.12. The monoisotopic (exact) mass is 239 g/mol. The van der Waals surface area contributed by atoms with E-state index >= 15 is 0 Å². The molecule has 0 aliphatic heterocycles. The highest BCUT2D eigenvalue weighted by atomic mass is 16.5. The number of carbonyl (C=O) groups excluding carboxylic acids is 2. The molecule has 0 aliphatic rings. The van der Waals surface area contributed by atoms with Crippen LogP contribution in [0.2, 0.25) is 0 Å². The number of hydrogen-bond acceptors (Lipinski definition) is 5. The number of rotatable bonds is 4. The highest BCUT2D eigenvalue weighted by Gasteiger charge is 2.16. The number of carbonyl (C=O) groups is 2. The summed E-state index contributed by atoms with van der Waals surface area (Å²) in [6.45, 7) is -0.230. The molecule has 0 fully saturated rings. The van der Waals surface area contributed by atoms with Crippen LogP contribution in [0.1, 0.15) is 10.4 Å². The zero-order valence-electron chi connectivity index (χ0n) is 9.21. The SMILES string of the molecule is COC(=O)C(O)CNC(=O)c1ccc(O)cc1. The van der Waals surface area contributed by atoms with Gasteiger partial charge < -0.3 is 20.3 Å². The van der Waals surface area contributed by atoms with Crippen LogP contribution in [-0.2, 0) is 9.53 Å². The van der Waals surface area contributed by atoms with E-state index < -0.39 is 18.0 Å². The summed E-state index contributed by atoms with van der Waals surface area (Å²) in [5.74, 6) is -1.21. The van der Waals surface area contributed by atoms with Crippen LogP contribution in [-0.4, -0.2) is 41.8 Å². The first-order chi connectivity index (χ1) is 8.04. The molecule has 0 saturated carbocycles. The molecular weight excluding hydrogens is 226 g/mol. The van der Waals surface area contributed by atoms with Gasteiger partial charge in [-0.05, 0) is 24.3 Å². The predicted molar refractivity (Wildman–Crippen MR) is 58.5 cm³/mol. The maximum absolute atomic E-state index is 11.5. The fourth-order valence-electron chi connectivity index (χ4n) is 1.12. The molecule has 1 unspecified atom stereocenters. The lowest BCUT2D eigenvalue weighted by Gasteiger charge is -2.09. The number of aliphatic hydroxyl groups is 1. The molecule has 1 aromatic rings. The number of aromatic hydroxyl groups is 1. The number of amides is 1. The van der Waals surface area contributed by atoms with Crippen molar-refractivity contribution in [3.05, 3.63) is 29.8 Å². The average molecular weight is 239 g/mol. The second-order valence-electron chi connectivity index (χ2n) is 3.30. The molecule has 0 bridgehead atoms. The Morgan fingerprint density at radius 1 is 1.35 bits per heavy atom. The average Bonchev–Trinajstić information content (AvgIpc) is 2.35. The number of ether oxygens (including phenoxy) is 1. The number of phenolic OH excluding ortho intramolecular Hbond substituents is 1. The summed E-state index contributed by atoms with van der Waals surface area (Å²) in [4.78, 5) is 22.4. The van der Waals surface area contributed by atoms with E-state index in [-0.39, 0.29) is 12.3 Å². The first kappa shape index (κ1) is 13.0. The molecule has 92 valence electrons. The van der Waals surface area contributed by atoms with Gasteiger partial charge in [0.1, 0.15) is 5.75 Å². The fraction of sp³-hybridized carbons (Fsp3) is 0.273. The third kappa shape index (κ3) is 3.76. The number of nitrogens with one attached hydrogen (secondary N) is 1. The van der Waals surface area contributed by atoms with Gasteiger partial charge in [0, 0.05) is 5.56 Å². The molecule has 1 rings (SSSR count). The van der Waals surface area contributed by atoms with Crippen molar-refractivity contribution in [1.29, 1.82) is 0 Å². The van der Waals surface area contributed by atoms with E-state index in [1.54, 1.807) is 0 Å². The van der Waals surface area contributed by atoms with Gasteiger partial charge >= 0.3 is 5.97 Å². The Bertz CT molecular complexity index is 401. The van der Waals surface area contributed by atoms with Gasteiger partial charge in [-0.1, -0.05) is 0 Å². The highest BCUT2D eigenvalue weighted by molar-refractivity contribution is 5.94. The van der Waals surface area contributed by atoms with Gasteiger partial charge in [-0.2, -0.15) is 0 Å². The molecule has 6 heteroatoms. The largest absolute Gasteiger partial charge is 0.508 e. The van der Waals surface area contributed by atoms with Gasteiger partial charge in [-0.3, -0.25) is 4.79 Å². The third-order valence-corrected chi connectivity index (χ3v) is 2.06. The van der Waals surface area contributed by atoms with Crippen LogP contribution < -0.4 is 5.32 Å². The van der Waals surface area contributed by atoms with Crippen molar-refractivity contribution in [2.24, 2.45) is 0 Å². The lowest BCUT2D eigenvalue weighted by Crippen LogP contribution is -2.37. The van der Waals surface area contributed by atoms with Crippen LogP contribution in [0.5, 0.6) is 5.75 Å². The summed E-state index contributed by atoms with van der Waals surface area (Å²) in [5, 5.41) is 20.6. The third-order valence-electron chi connectivity index (χ3n) is 2.06. The zero-order valence-corrected chi connectivity index (χ0v) is 9.21. The Hall–Kier alpha value is -2.08. The Kier molecular flexibility index (Phi) is 4.47. The Balaban J connectivity index is 2.50.